The molecule has 0 radical (unpaired) electrons. The van der Waals surface area contributed by atoms with Crippen LogP contribution in [0.2, 0.25) is 0 Å². The number of carbonyl (C=O) groups is 3. The summed E-state index contributed by atoms with van der Waals surface area (Å²) in [4.78, 5) is 57.8. The van der Waals surface area contributed by atoms with E-state index in [9.17, 15) is 19.5 Å². The summed E-state index contributed by atoms with van der Waals surface area (Å²) in [5.41, 5.74) is 5.16. The molecule has 0 spiro atoms. The number of rotatable bonds is 8. The zero-order chi connectivity index (χ0) is 39.0. The molecule has 4 N–H and O–H groups in total. The summed E-state index contributed by atoms with van der Waals surface area (Å²) >= 11 is 0. The van der Waals surface area contributed by atoms with E-state index < -0.39 is 36.0 Å². The van der Waals surface area contributed by atoms with Crippen molar-refractivity contribution in [2.24, 2.45) is 5.92 Å². The third-order valence-electron chi connectivity index (χ3n) is 10.3. The number of alkyl carbamates (subject to hydrolysis) is 1. The number of aromatic amines is 2. The third kappa shape index (κ3) is 8.07. The van der Waals surface area contributed by atoms with Gasteiger partial charge in [0.1, 0.15) is 23.3 Å². The molecule has 13 heteroatoms. The number of nitrogens with one attached hydrogen (secondary N) is 3. The minimum atomic E-state index is -0.685. The molecule has 0 saturated carbocycles. The highest BCUT2D eigenvalue weighted by Crippen LogP contribution is 2.36. The molecule has 2 aromatic heterocycles. The molecule has 5 aromatic rings. The van der Waals surface area contributed by atoms with Crippen molar-refractivity contribution in [2.75, 3.05) is 20.2 Å². The number of hydrogen-bond donors (Lipinski definition) is 4. The van der Waals surface area contributed by atoms with Gasteiger partial charge in [-0.2, -0.15) is 0 Å². The van der Waals surface area contributed by atoms with Gasteiger partial charge in [0, 0.05) is 18.5 Å². The topological polar surface area (TPSA) is 166 Å². The number of hydrogen-bond acceptors (Lipinski definition) is 8. The molecule has 4 atom stereocenters. The fourth-order valence-electron chi connectivity index (χ4n) is 7.53. The number of imidazole rings is 2. The fourth-order valence-corrected chi connectivity index (χ4v) is 7.53. The van der Waals surface area contributed by atoms with Crippen molar-refractivity contribution >= 4 is 28.9 Å². The van der Waals surface area contributed by atoms with Crippen molar-refractivity contribution in [3.8, 4) is 33.6 Å². The molecule has 55 heavy (non-hydrogen) atoms. The Morgan fingerprint density at radius 2 is 1.42 bits per heavy atom. The predicted octanol–water partition coefficient (Wildman–Crippen LogP) is 7.37. The van der Waals surface area contributed by atoms with Crippen molar-refractivity contribution < 1.29 is 29.0 Å². The predicted molar refractivity (Wildman–Crippen MR) is 209 cm³/mol. The molecule has 4 heterocycles. The second-order valence-corrected chi connectivity index (χ2v) is 15.8. The SMILES string of the molecule is COC(=O)N[C@H](C(=O)N1CCC[C@H]1c1ncc(-c2ccc(-c3ccc4cc(-c5cnc([C@@H]6C[C@H](O)CN6C(=O)OC(C)(C)C)[nH]5)ccc4c3)cc2)[nH]1)C(C)C. The van der Waals surface area contributed by atoms with Crippen LogP contribution >= 0.6 is 0 Å². The molecule has 2 saturated heterocycles. The van der Waals surface area contributed by atoms with Gasteiger partial charge in [0.05, 0.1) is 55.6 Å². The van der Waals surface area contributed by atoms with Crippen molar-refractivity contribution in [3.05, 3.63) is 84.7 Å². The Labute approximate surface area is 320 Å². The van der Waals surface area contributed by atoms with E-state index in [-0.39, 0.29) is 24.4 Å². The Morgan fingerprint density at radius 1 is 0.836 bits per heavy atom. The number of carbonyl (C=O) groups excluding carboxylic acids is 3. The lowest BCUT2D eigenvalue weighted by Crippen LogP contribution is -2.51. The van der Waals surface area contributed by atoms with Gasteiger partial charge in [-0.05, 0) is 79.1 Å². The van der Waals surface area contributed by atoms with Gasteiger partial charge in [0.25, 0.3) is 0 Å². The summed E-state index contributed by atoms with van der Waals surface area (Å²) in [6.07, 6.45) is 3.86. The molecule has 3 aromatic carbocycles. The number of H-pyrrole nitrogens is 2. The van der Waals surface area contributed by atoms with Crippen LogP contribution in [0.15, 0.2) is 73.1 Å². The number of likely N-dealkylation sites (tertiary alicyclic amines) is 2. The summed E-state index contributed by atoms with van der Waals surface area (Å²) in [5, 5.41) is 15.3. The molecule has 2 fully saturated rings. The van der Waals surface area contributed by atoms with Crippen LogP contribution in [-0.2, 0) is 14.3 Å². The van der Waals surface area contributed by atoms with E-state index >= 15 is 0 Å². The summed E-state index contributed by atoms with van der Waals surface area (Å²) in [6, 6.07) is 19.7. The van der Waals surface area contributed by atoms with Crippen molar-refractivity contribution in [1.82, 2.24) is 35.1 Å². The molecule has 3 amide bonds. The normalized spacial score (nSPS) is 19.2. The van der Waals surface area contributed by atoms with Crippen molar-refractivity contribution in [1.29, 1.82) is 0 Å². The van der Waals surface area contributed by atoms with Crippen LogP contribution in [0.4, 0.5) is 9.59 Å². The average Bonchev–Trinajstić information content (AvgIpc) is 3.99. The lowest BCUT2D eigenvalue weighted by molar-refractivity contribution is -0.135. The van der Waals surface area contributed by atoms with Gasteiger partial charge in [0.15, 0.2) is 0 Å². The van der Waals surface area contributed by atoms with Crippen LogP contribution in [0.1, 0.15) is 77.6 Å². The molecule has 0 bridgehead atoms. The summed E-state index contributed by atoms with van der Waals surface area (Å²) in [7, 11) is 1.29. The Morgan fingerprint density at radius 3 is 2.05 bits per heavy atom. The van der Waals surface area contributed by atoms with Crippen molar-refractivity contribution in [3.63, 3.8) is 0 Å². The molecular weight excluding hydrogens is 699 g/mol. The monoisotopic (exact) mass is 747 g/mol. The van der Waals surface area contributed by atoms with Crippen LogP contribution in [0.5, 0.6) is 0 Å². The van der Waals surface area contributed by atoms with Crippen LogP contribution in [-0.4, -0.2) is 90.9 Å². The minimum Gasteiger partial charge on any atom is -0.453 e. The van der Waals surface area contributed by atoms with Crippen molar-refractivity contribution in [2.45, 2.75) is 83.7 Å². The number of amides is 3. The number of aromatic nitrogens is 4. The highest BCUT2D eigenvalue weighted by molar-refractivity contribution is 5.91. The molecule has 2 aliphatic rings. The lowest BCUT2D eigenvalue weighted by atomic mass is 9.98. The number of nitrogens with zero attached hydrogens (tertiary/aromatic N) is 4. The van der Waals surface area contributed by atoms with Crippen LogP contribution in [0, 0.1) is 5.92 Å². The molecule has 7 rings (SSSR count). The van der Waals surface area contributed by atoms with Gasteiger partial charge in [-0.25, -0.2) is 19.6 Å². The Kier molecular flexibility index (Phi) is 10.4. The maximum absolute atomic E-state index is 13.5. The average molecular weight is 748 g/mol. The number of ether oxygens (including phenoxy) is 2. The second kappa shape index (κ2) is 15.2. The first-order valence-electron chi connectivity index (χ1n) is 18.9. The molecule has 288 valence electrons. The number of aliphatic hydroxyl groups is 1. The van der Waals surface area contributed by atoms with Gasteiger partial charge in [-0.15, -0.1) is 0 Å². The molecule has 13 nitrogen and oxygen atoms in total. The van der Waals surface area contributed by atoms with Gasteiger partial charge < -0.3 is 34.8 Å². The van der Waals surface area contributed by atoms with Crippen LogP contribution in [0.3, 0.4) is 0 Å². The third-order valence-corrected chi connectivity index (χ3v) is 10.3. The Bertz CT molecular complexity index is 2190. The van der Waals surface area contributed by atoms with Gasteiger partial charge >= 0.3 is 12.2 Å². The number of β-amino-alcohol motifs (C(OH)–C–C–N with tert-alkyl or cyclic N) is 1. The maximum atomic E-state index is 13.5. The summed E-state index contributed by atoms with van der Waals surface area (Å²) in [5.74, 6) is 1.10. The molecule has 0 aliphatic carbocycles. The largest absolute Gasteiger partial charge is 0.453 e. The molecule has 2 aliphatic heterocycles. The van der Waals surface area contributed by atoms with Gasteiger partial charge in [-0.3, -0.25) is 9.69 Å². The highest BCUT2D eigenvalue weighted by Gasteiger charge is 2.40. The van der Waals surface area contributed by atoms with Crippen LogP contribution in [0.25, 0.3) is 44.4 Å². The standard InChI is InChI=1S/C42H49N7O6/c1-24(2)36(47-40(52)54-6)39(51)48-17-7-8-34(48)37-43-21-32(45-37)26-11-9-25(10-12-26)27-13-14-29-19-30(16-15-28(29)18-27)33-22-44-38(46-33)35-20-31(50)23-49(35)41(53)55-42(3,4)5/h9-16,18-19,21-22,24,31,34-36,50H,7-8,17,20,23H2,1-6H3,(H,43,45)(H,44,46)(H,47,52)/t31-,34-,35-,36-/m0/s1. The van der Waals surface area contributed by atoms with E-state index in [2.05, 4.69) is 85.9 Å². The van der Waals surface area contributed by atoms with E-state index in [0.29, 0.717) is 18.8 Å². The Hall–Kier alpha value is -5.69. The fraction of sp³-hybridized carbons (Fsp3) is 0.405. The highest BCUT2D eigenvalue weighted by atomic mass is 16.6. The number of aliphatic hydroxyl groups excluding tert-OH is 1. The molecular formula is C42H49N7O6. The van der Waals surface area contributed by atoms with Crippen LogP contribution < -0.4 is 5.32 Å². The van der Waals surface area contributed by atoms with E-state index in [4.69, 9.17) is 9.47 Å². The van der Waals surface area contributed by atoms with E-state index in [0.717, 1.165) is 63.1 Å². The zero-order valence-electron chi connectivity index (χ0n) is 32.1. The smallest absolute Gasteiger partial charge is 0.411 e. The first kappa shape index (κ1) is 37.6. The number of fused-ring (bicyclic) bond motifs is 1. The minimum absolute atomic E-state index is 0.102. The molecule has 0 unspecified atom stereocenters. The van der Waals surface area contributed by atoms with E-state index in [1.807, 2.05) is 45.7 Å². The number of methoxy groups -OCH3 is 1. The zero-order valence-corrected chi connectivity index (χ0v) is 32.1. The summed E-state index contributed by atoms with van der Waals surface area (Å²) < 4.78 is 10.3. The number of benzene rings is 3. The second-order valence-electron chi connectivity index (χ2n) is 15.8. The first-order valence-corrected chi connectivity index (χ1v) is 18.9. The quantitative estimate of drug-likeness (QED) is 0.128. The maximum Gasteiger partial charge on any atom is 0.411 e. The van der Waals surface area contributed by atoms with Gasteiger partial charge in [-0.1, -0.05) is 62.4 Å². The Balaban J connectivity index is 1.03. The first-order chi connectivity index (χ1) is 26.3. The van der Waals surface area contributed by atoms with E-state index in [1.165, 1.54) is 7.11 Å². The van der Waals surface area contributed by atoms with Gasteiger partial charge in [0.2, 0.25) is 5.91 Å². The lowest BCUT2D eigenvalue weighted by Gasteiger charge is -2.30. The van der Waals surface area contributed by atoms with E-state index in [1.54, 1.807) is 11.1 Å². The summed E-state index contributed by atoms with van der Waals surface area (Å²) in [6.45, 7) is 10.1.